The van der Waals surface area contributed by atoms with E-state index in [1.54, 1.807) is 23.4 Å². The maximum atomic E-state index is 13.1. The number of hydrogen-bond donors (Lipinski definition) is 0. The quantitative estimate of drug-likeness (QED) is 0.673. The van der Waals surface area contributed by atoms with Gasteiger partial charge in [0.25, 0.3) is 0 Å². The molecule has 3 aromatic heterocycles. The van der Waals surface area contributed by atoms with Crippen molar-refractivity contribution in [2.75, 3.05) is 32.2 Å². The Morgan fingerprint density at radius 1 is 1.18 bits per heavy atom. The molecule has 8 nitrogen and oxygen atoms in total. The summed E-state index contributed by atoms with van der Waals surface area (Å²) < 4.78 is 51.2. The van der Waals surface area contributed by atoms with Crippen molar-refractivity contribution < 1.29 is 22.6 Å². The second-order valence-corrected chi connectivity index (χ2v) is 6.36. The first-order valence-corrected chi connectivity index (χ1v) is 8.52. The van der Waals surface area contributed by atoms with Crippen LogP contribution in [0.2, 0.25) is 0 Å². The Hall–Kier alpha value is -3.11. The van der Waals surface area contributed by atoms with E-state index in [4.69, 9.17) is 9.47 Å². The van der Waals surface area contributed by atoms with Crippen molar-refractivity contribution in [2.45, 2.75) is 12.6 Å². The third-order valence-corrected chi connectivity index (χ3v) is 4.72. The first-order chi connectivity index (χ1) is 13.4. The van der Waals surface area contributed by atoms with E-state index in [9.17, 15) is 13.2 Å². The summed E-state index contributed by atoms with van der Waals surface area (Å²) in [5, 5.41) is 4.47. The minimum Gasteiger partial charge on any atom is -0.480 e. The van der Waals surface area contributed by atoms with Crippen molar-refractivity contribution in [3.63, 3.8) is 0 Å². The van der Waals surface area contributed by atoms with Gasteiger partial charge in [-0.2, -0.15) is 23.3 Å². The van der Waals surface area contributed by atoms with Crippen LogP contribution in [-0.2, 0) is 0 Å². The molecule has 4 rings (SSSR count). The molecule has 1 fully saturated rings. The number of rotatable bonds is 4. The highest BCUT2D eigenvalue weighted by atomic mass is 19.4. The van der Waals surface area contributed by atoms with E-state index in [0.717, 1.165) is 0 Å². The highest BCUT2D eigenvalue weighted by Crippen LogP contribution is 2.38. The topological polar surface area (TPSA) is 77.7 Å². The zero-order chi connectivity index (χ0) is 19.9. The zero-order valence-electron chi connectivity index (χ0n) is 15.1. The van der Waals surface area contributed by atoms with Crippen LogP contribution in [0.4, 0.5) is 18.9 Å². The molecule has 1 aliphatic rings. The lowest BCUT2D eigenvalue weighted by molar-refractivity contribution is -0.168. The van der Waals surface area contributed by atoms with Gasteiger partial charge in [0, 0.05) is 31.7 Å². The molecule has 28 heavy (non-hydrogen) atoms. The smallest absolute Gasteiger partial charge is 0.393 e. The van der Waals surface area contributed by atoms with Crippen LogP contribution >= 0.6 is 0 Å². The van der Waals surface area contributed by atoms with Crippen LogP contribution < -0.4 is 14.4 Å². The fourth-order valence-corrected chi connectivity index (χ4v) is 3.29. The lowest BCUT2D eigenvalue weighted by Crippen LogP contribution is -2.27. The van der Waals surface area contributed by atoms with E-state index in [1.807, 2.05) is 0 Å². The van der Waals surface area contributed by atoms with Gasteiger partial charge in [0.2, 0.25) is 5.88 Å². The minimum atomic E-state index is -4.22. The fraction of sp³-hybridized carbons (Fsp3) is 0.412. The van der Waals surface area contributed by atoms with Crippen molar-refractivity contribution in [1.29, 1.82) is 0 Å². The average molecular weight is 394 g/mol. The van der Waals surface area contributed by atoms with Crippen LogP contribution in [0.5, 0.6) is 11.9 Å². The van der Waals surface area contributed by atoms with Crippen LogP contribution in [-0.4, -0.2) is 58.1 Å². The molecule has 0 N–H and O–H groups in total. The van der Waals surface area contributed by atoms with E-state index >= 15 is 0 Å². The average Bonchev–Trinajstić information content (AvgIpc) is 3.35. The van der Waals surface area contributed by atoms with Crippen molar-refractivity contribution in [3.05, 3.63) is 24.7 Å². The van der Waals surface area contributed by atoms with Crippen molar-refractivity contribution in [1.82, 2.24) is 24.6 Å². The van der Waals surface area contributed by atoms with Gasteiger partial charge in [-0.3, -0.25) is 0 Å². The number of hydrogen-bond acceptors (Lipinski definition) is 7. The summed E-state index contributed by atoms with van der Waals surface area (Å²) in [7, 11) is 2.89. The summed E-state index contributed by atoms with van der Waals surface area (Å²) in [5.41, 5.74) is 2.00. The highest BCUT2D eigenvalue weighted by Gasteiger charge is 2.44. The Kier molecular flexibility index (Phi) is 4.44. The lowest BCUT2D eigenvalue weighted by atomic mass is 10.1. The Morgan fingerprint density at radius 2 is 2.00 bits per heavy atom. The zero-order valence-corrected chi connectivity index (χ0v) is 15.1. The fourth-order valence-electron chi connectivity index (χ4n) is 3.29. The molecule has 1 saturated heterocycles. The van der Waals surface area contributed by atoms with Crippen LogP contribution in [0.15, 0.2) is 24.7 Å². The number of halogens is 3. The Labute approximate surface area is 157 Å². The number of alkyl halides is 3. The summed E-state index contributed by atoms with van der Waals surface area (Å²) >= 11 is 0. The van der Waals surface area contributed by atoms with E-state index in [1.165, 1.54) is 24.9 Å². The van der Waals surface area contributed by atoms with E-state index < -0.39 is 12.1 Å². The maximum Gasteiger partial charge on any atom is 0.393 e. The Bertz CT molecular complexity index is 1010. The Morgan fingerprint density at radius 3 is 2.68 bits per heavy atom. The molecule has 0 saturated carbocycles. The van der Waals surface area contributed by atoms with Crippen LogP contribution in [0, 0.1) is 5.92 Å². The number of fused-ring (bicyclic) bond motifs is 1. The predicted octanol–water partition coefficient (Wildman–Crippen LogP) is 2.59. The first kappa shape index (κ1) is 18.3. The largest absolute Gasteiger partial charge is 0.480 e. The summed E-state index contributed by atoms with van der Waals surface area (Å²) in [6.45, 7) is 0.165. The molecule has 3 aromatic rings. The number of methoxy groups -OCH3 is 2. The number of aromatic nitrogens is 5. The van der Waals surface area contributed by atoms with Crippen molar-refractivity contribution in [3.8, 4) is 23.1 Å². The molecule has 4 heterocycles. The van der Waals surface area contributed by atoms with Gasteiger partial charge in [0.05, 0.1) is 31.4 Å². The normalized spacial score (nSPS) is 17.3. The van der Waals surface area contributed by atoms with E-state index in [-0.39, 0.29) is 31.4 Å². The first-order valence-electron chi connectivity index (χ1n) is 8.52. The molecule has 0 spiro atoms. The minimum absolute atomic E-state index is 0.0446. The molecule has 1 aliphatic heterocycles. The highest BCUT2D eigenvalue weighted by molar-refractivity contribution is 5.76. The van der Waals surface area contributed by atoms with Crippen LogP contribution in [0.1, 0.15) is 6.42 Å². The molecule has 0 aliphatic carbocycles. The number of nitrogens with zero attached hydrogens (tertiary/aromatic N) is 6. The van der Waals surface area contributed by atoms with E-state index in [2.05, 4.69) is 20.1 Å². The summed E-state index contributed by atoms with van der Waals surface area (Å²) in [5.74, 6) is -1.11. The van der Waals surface area contributed by atoms with E-state index in [0.29, 0.717) is 22.6 Å². The van der Waals surface area contributed by atoms with Gasteiger partial charge in [0.15, 0.2) is 5.65 Å². The third kappa shape index (κ3) is 3.16. The number of anilines is 1. The van der Waals surface area contributed by atoms with Gasteiger partial charge >= 0.3 is 12.2 Å². The SMILES string of the molecule is COc1ncc(-c2cc(N3CC[C@@H](C(F)(F)F)C3)c3nccn3n2)c(OC)n1. The molecule has 0 unspecified atom stereocenters. The standard InChI is InChI=1S/C17H17F3N6O2/c1-27-15-11(8-22-16(23-15)28-2)12-7-13(14-21-4-6-26(14)24-12)25-5-3-10(9-25)17(18,19)20/h4,6-8,10H,3,5,9H2,1-2H3/t10-/m1/s1. The summed E-state index contributed by atoms with van der Waals surface area (Å²) in [6.07, 6.45) is 0.513. The monoisotopic (exact) mass is 394 g/mol. The molecule has 0 radical (unpaired) electrons. The van der Waals surface area contributed by atoms with Gasteiger partial charge in [-0.25, -0.2) is 14.5 Å². The molecule has 0 bridgehead atoms. The van der Waals surface area contributed by atoms with Crippen molar-refractivity contribution in [2.24, 2.45) is 5.92 Å². The van der Waals surface area contributed by atoms with Gasteiger partial charge in [0.1, 0.15) is 5.69 Å². The molecular weight excluding hydrogens is 377 g/mol. The number of ether oxygens (including phenoxy) is 2. The third-order valence-electron chi connectivity index (χ3n) is 4.72. The molecule has 0 aromatic carbocycles. The van der Waals surface area contributed by atoms with Crippen LogP contribution in [0.25, 0.3) is 16.9 Å². The molecule has 1 atom stereocenters. The molecule has 0 amide bonds. The molecular formula is C17H17F3N6O2. The van der Waals surface area contributed by atoms with Gasteiger partial charge in [-0.05, 0) is 12.5 Å². The predicted molar refractivity (Wildman–Crippen MR) is 93.5 cm³/mol. The van der Waals surface area contributed by atoms with Gasteiger partial charge < -0.3 is 14.4 Å². The molecule has 11 heteroatoms. The second kappa shape index (κ2) is 6.80. The van der Waals surface area contributed by atoms with Crippen LogP contribution in [0.3, 0.4) is 0 Å². The number of imidazole rings is 1. The summed E-state index contributed by atoms with van der Waals surface area (Å²) in [4.78, 5) is 14.2. The summed E-state index contributed by atoms with van der Waals surface area (Å²) in [6, 6.07) is 1.83. The van der Waals surface area contributed by atoms with Gasteiger partial charge in [-0.1, -0.05) is 0 Å². The lowest BCUT2D eigenvalue weighted by Gasteiger charge is -2.21. The maximum absolute atomic E-state index is 13.1. The molecule has 148 valence electrons. The van der Waals surface area contributed by atoms with Gasteiger partial charge in [-0.15, -0.1) is 0 Å². The second-order valence-electron chi connectivity index (χ2n) is 6.36. The Balaban J connectivity index is 1.79. The van der Waals surface area contributed by atoms with Crippen molar-refractivity contribution >= 4 is 11.3 Å².